The summed E-state index contributed by atoms with van der Waals surface area (Å²) in [4.78, 5) is 8.04. The van der Waals surface area contributed by atoms with Gasteiger partial charge in [-0.2, -0.15) is 0 Å². The van der Waals surface area contributed by atoms with Crippen LogP contribution in [0.15, 0.2) is 0 Å². The van der Waals surface area contributed by atoms with Gasteiger partial charge in [-0.15, -0.1) is 0 Å². The average Bonchev–Trinajstić information content (AvgIpc) is 2.62. The van der Waals surface area contributed by atoms with Crippen molar-refractivity contribution in [3.8, 4) is 0 Å². The zero-order valence-corrected chi connectivity index (χ0v) is 17.5. The van der Waals surface area contributed by atoms with Crippen molar-refractivity contribution in [3.05, 3.63) is 0 Å². The van der Waals surface area contributed by atoms with Gasteiger partial charge in [-0.3, -0.25) is 4.90 Å². The molecular formula is C22H41N3O. The molecular weight excluding hydrogens is 322 g/mol. The van der Waals surface area contributed by atoms with Crippen LogP contribution in [0.3, 0.4) is 0 Å². The second-order valence-corrected chi connectivity index (χ2v) is 10.3. The van der Waals surface area contributed by atoms with Crippen molar-refractivity contribution in [2.24, 2.45) is 17.3 Å². The number of nitrogens with zero attached hydrogens (tertiary/aromatic N) is 3. The van der Waals surface area contributed by atoms with Gasteiger partial charge in [0.05, 0.1) is 12.7 Å². The van der Waals surface area contributed by atoms with Crippen LogP contribution in [0.4, 0.5) is 0 Å². The quantitative estimate of drug-likeness (QED) is 0.764. The molecule has 0 aromatic rings. The third-order valence-corrected chi connectivity index (χ3v) is 7.99. The molecule has 3 heterocycles. The van der Waals surface area contributed by atoms with E-state index in [1.807, 2.05) is 0 Å². The van der Waals surface area contributed by atoms with Gasteiger partial charge in [0.15, 0.2) is 0 Å². The summed E-state index contributed by atoms with van der Waals surface area (Å²) in [5.74, 6) is 1.60. The Kier molecular flexibility index (Phi) is 5.95. The topological polar surface area (TPSA) is 19.0 Å². The molecule has 4 fully saturated rings. The Balaban J connectivity index is 1.19. The molecule has 0 aromatic heterocycles. The minimum atomic E-state index is 0.455. The number of rotatable bonds is 4. The van der Waals surface area contributed by atoms with Crippen molar-refractivity contribution in [2.75, 3.05) is 59.5 Å². The van der Waals surface area contributed by atoms with Crippen molar-refractivity contribution in [3.63, 3.8) is 0 Å². The van der Waals surface area contributed by atoms with Gasteiger partial charge in [0.2, 0.25) is 0 Å². The van der Waals surface area contributed by atoms with Crippen LogP contribution in [0.5, 0.6) is 0 Å². The van der Waals surface area contributed by atoms with E-state index in [1.165, 1.54) is 77.8 Å². The maximum atomic E-state index is 5.97. The van der Waals surface area contributed by atoms with Crippen molar-refractivity contribution >= 4 is 0 Å². The number of hydrogen-bond acceptors (Lipinski definition) is 4. The van der Waals surface area contributed by atoms with E-state index in [2.05, 4.69) is 35.6 Å². The molecule has 0 radical (unpaired) electrons. The van der Waals surface area contributed by atoms with Crippen LogP contribution in [0.1, 0.15) is 52.4 Å². The fraction of sp³-hybridized carbons (Fsp3) is 1.00. The largest absolute Gasteiger partial charge is 0.375 e. The standard InChI is InChI=1S/C22H41N3O/c1-18(2)21-17-25(12-13-26-21)20-14-22(15-20)6-10-24(11-7-22)16-19-4-8-23(3)9-5-19/h18-21H,4-17H2,1-3H3/t21-/m1/s1. The molecule has 26 heavy (non-hydrogen) atoms. The van der Waals surface area contributed by atoms with Gasteiger partial charge < -0.3 is 14.5 Å². The Hall–Kier alpha value is -0.160. The van der Waals surface area contributed by atoms with Gasteiger partial charge in [0.25, 0.3) is 0 Å². The third-order valence-electron chi connectivity index (χ3n) is 7.99. The predicted molar refractivity (Wildman–Crippen MR) is 108 cm³/mol. The number of hydrogen-bond donors (Lipinski definition) is 0. The molecule has 0 aromatic carbocycles. The first-order valence-electron chi connectivity index (χ1n) is 11.3. The number of likely N-dealkylation sites (tertiary alicyclic amines) is 2. The number of ether oxygens (including phenoxy) is 1. The summed E-state index contributed by atoms with van der Waals surface area (Å²) >= 11 is 0. The van der Waals surface area contributed by atoms with E-state index in [1.54, 1.807) is 0 Å². The zero-order chi connectivity index (χ0) is 18.1. The van der Waals surface area contributed by atoms with Crippen LogP contribution in [0.2, 0.25) is 0 Å². The highest BCUT2D eigenvalue weighted by molar-refractivity contribution is 5.02. The summed E-state index contributed by atoms with van der Waals surface area (Å²) in [5.41, 5.74) is 0.694. The van der Waals surface area contributed by atoms with Crippen LogP contribution in [0.25, 0.3) is 0 Å². The van der Waals surface area contributed by atoms with E-state index in [4.69, 9.17) is 4.74 Å². The maximum Gasteiger partial charge on any atom is 0.0725 e. The van der Waals surface area contributed by atoms with Gasteiger partial charge in [0.1, 0.15) is 0 Å². The average molecular weight is 364 g/mol. The normalized spacial score (nSPS) is 33.0. The molecule has 1 atom stereocenters. The Morgan fingerprint density at radius 2 is 1.69 bits per heavy atom. The van der Waals surface area contributed by atoms with Crippen molar-refractivity contribution < 1.29 is 4.74 Å². The van der Waals surface area contributed by atoms with Crippen LogP contribution < -0.4 is 0 Å². The fourth-order valence-electron chi connectivity index (χ4n) is 5.86. The molecule has 3 saturated heterocycles. The molecule has 0 N–H and O–H groups in total. The Bertz CT molecular complexity index is 444. The van der Waals surface area contributed by atoms with Crippen LogP contribution in [0, 0.1) is 17.3 Å². The lowest BCUT2D eigenvalue weighted by Crippen LogP contribution is -2.59. The van der Waals surface area contributed by atoms with Crippen LogP contribution in [-0.2, 0) is 4.74 Å². The number of morpholine rings is 1. The lowest BCUT2D eigenvalue weighted by Gasteiger charge is -2.56. The van der Waals surface area contributed by atoms with E-state index >= 15 is 0 Å². The van der Waals surface area contributed by atoms with Gasteiger partial charge in [-0.25, -0.2) is 0 Å². The molecule has 4 heteroatoms. The summed E-state index contributed by atoms with van der Waals surface area (Å²) in [5, 5.41) is 0. The van der Waals surface area contributed by atoms with Gasteiger partial charge in [-0.1, -0.05) is 13.8 Å². The first kappa shape index (κ1) is 19.2. The van der Waals surface area contributed by atoms with Crippen molar-refractivity contribution in [2.45, 2.75) is 64.5 Å². The second kappa shape index (κ2) is 8.06. The van der Waals surface area contributed by atoms with Gasteiger partial charge in [0, 0.05) is 25.7 Å². The first-order chi connectivity index (χ1) is 12.5. The predicted octanol–water partition coefficient (Wildman–Crippen LogP) is 2.93. The molecule has 4 rings (SSSR count). The van der Waals surface area contributed by atoms with E-state index in [0.717, 1.165) is 25.1 Å². The lowest BCUT2D eigenvalue weighted by atomic mass is 9.60. The fourth-order valence-corrected chi connectivity index (χ4v) is 5.86. The second-order valence-electron chi connectivity index (χ2n) is 10.3. The molecule has 0 bridgehead atoms. The summed E-state index contributed by atoms with van der Waals surface area (Å²) < 4.78 is 5.97. The maximum absolute atomic E-state index is 5.97. The molecule has 4 nitrogen and oxygen atoms in total. The minimum Gasteiger partial charge on any atom is -0.375 e. The molecule has 1 saturated carbocycles. The highest BCUT2D eigenvalue weighted by Crippen LogP contribution is 2.51. The van der Waals surface area contributed by atoms with Crippen molar-refractivity contribution in [1.82, 2.24) is 14.7 Å². The molecule has 1 spiro atoms. The molecule has 1 aliphatic carbocycles. The smallest absolute Gasteiger partial charge is 0.0725 e. The highest BCUT2D eigenvalue weighted by atomic mass is 16.5. The van der Waals surface area contributed by atoms with E-state index < -0.39 is 0 Å². The monoisotopic (exact) mass is 363 g/mol. The summed E-state index contributed by atoms with van der Waals surface area (Å²) in [7, 11) is 2.27. The first-order valence-corrected chi connectivity index (χ1v) is 11.3. The molecule has 0 unspecified atom stereocenters. The van der Waals surface area contributed by atoms with Crippen LogP contribution in [-0.4, -0.2) is 86.3 Å². The van der Waals surface area contributed by atoms with Gasteiger partial charge >= 0.3 is 0 Å². The van der Waals surface area contributed by atoms with Gasteiger partial charge in [-0.05, 0) is 89.0 Å². The summed E-state index contributed by atoms with van der Waals surface area (Å²) in [6.45, 7) is 14.6. The zero-order valence-electron chi connectivity index (χ0n) is 17.5. The Morgan fingerprint density at radius 1 is 1.00 bits per heavy atom. The SMILES string of the molecule is CC(C)[C@H]1CN(C2CC3(CCN(CC4CCN(C)CC4)CC3)C2)CCO1. The lowest BCUT2D eigenvalue weighted by molar-refractivity contribution is -0.108. The van der Waals surface area contributed by atoms with Crippen LogP contribution >= 0.6 is 0 Å². The molecule has 150 valence electrons. The van der Waals surface area contributed by atoms with E-state index in [0.29, 0.717) is 17.4 Å². The van der Waals surface area contributed by atoms with E-state index in [-0.39, 0.29) is 0 Å². The molecule has 4 aliphatic rings. The van der Waals surface area contributed by atoms with E-state index in [9.17, 15) is 0 Å². The highest BCUT2D eigenvalue weighted by Gasteiger charge is 2.48. The molecule has 0 amide bonds. The summed E-state index contributed by atoms with van der Waals surface area (Å²) in [6, 6.07) is 0.848. The molecule has 3 aliphatic heterocycles. The number of piperidine rings is 2. The Morgan fingerprint density at radius 3 is 2.35 bits per heavy atom. The Labute approximate surface area is 161 Å². The van der Waals surface area contributed by atoms with Crippen molar-refractivity contribution in [1.29, 1.82) is 0 Å². The third kappa shape index (κ3) is 4.29. The minimum absolute atomic E-state index is 0.455. The summed E-state index contributed by atoms with van der Waals surface area (Å²) in [6.07, 6.45) is 9.10.